The Hall–Kier alpha value is -1.96. The molecular weight excluding hydrogens is 287 g/mol. The molecule has 0 aliphatic carbocycles. The summed E-state index contributed by atoms with van der Waals surface area (Å²) in [6, 6.07) is 2.52. The van der Waals surface area contributed by atoms with Gasteiger partial charge in [0.25, 0.3) is 0 Å². The summed E-state index contributed by atoms with van der Waals surface area (Å²) in [5.74, 6) is -0.905. The van der Waals surface area contributed by atoms with Crippen molar-refractivity contribution in [3.8, 4) is 5.75 Å². The van der Waals surface area contributed by atoms with Gasteiger partial charge in [-0.05, 0) is 12.1 Å². The Balaban J connectivity index is 2.09. The third-order valence-corrected chi connectivity index (χ3v) is 3.84. The average Bonchev–Trinajstić information content (AvgIpc) is 2.90. The Morgan fingerprint density at radius 3 is 2.95 bits per heavy atom. The van der Waals surface area contributed by atoms with E-state index in [0.29, 0.717) is 17.3 Å². The number of nitrogens with one attached hydrogen (secondary N) is 1. The van der Waals surface area contributed by atoms with E-state index in [1.807, 2.05) is 0 Å². The summed E-state index contributed by atoms with van der Waals surface area (Å²) in [6.07, 6.45) is 0. The first-order chi connectivity index (χ1) is 9.52. The lowest BCUT2D eigenvalue weighted by Crippen LogP contribution is -2.43. The average molecular weight is 300 g/mol. The maximum atomic E-state index is 13.2. The number of carbonyl (C=O) groups is 2. The Kier molecular flexibility index (Phi) is 4.33. The van der Waals surface area contributed by atoms with E-state index in [4.69, 9.17) is 9.84 Å². The van der Waals surface area contributed by atoms with E-state index in [1.54, 1.807) is 0 Å². The molecule has 108 valence electrons. The second kappa shape index (κ2) is 6.00. The van der Waals surface area contributed by atoms with Crippen molar-refractivity contribution in [2.45, 2.75) is 6.04 Å². The Morgan fingerprint density at radius 1 is 1.55 bits per heavy atom. The summed E-state index contributed by atoms with van der Waals surface area (Å²) < 4.78 is 18.1. The minimum absolute atomic E-state index is 0.00776. The molecule has 6 nitrogen and oxygen atoms in total. The van der Waals surface area contributed by atoms with Gasteiger partial charge >= 0.3 is 12.0 Å². The van der Waals surface area contributed by atoms with E-state index < -0.39 is 23.9 Å². The monoisotopic (exact) mass is 300 g/mol. The number of halogens is 1. The number of carboxylic acids is 1. The fraction of sp³-hybridized carbons (Fsp3) is 0.333. The predicted molar refractivity (Wildman–Crippen MR) is 72.6 cm³/mol. The molecule has 20 heavy (non-hydrogen) atoms. The van der Waals surface area contributed by atoms with Crippen molar-refractivity contribution in [3.63, 3.8) is 0 Å². The van der Waals surface area contributed by atoms with Gasteiger partial charge in [-0.3, -0.25) is 0 Å². The van der Waals surface area contributed by atoms with E-state index in [2.05, 4.69) is 5.32 Å². The van der Waals surface area contributed by atoms with Crippen LogP contribution < -0.4 is 10.1 Å². The van der Waals surface area contributed by atoms with Crippen molar-refractivity contribution in [1.29, 1.82) is 0 Å². The molecule has 2 N–H and O–H groups in total. The normalized spacial score (nSPS) is 17.9. The van der Waals surface area contributed by atoms with Crippen LogP contribution in [0.1, 0.15) is 0 Å². The first-order valence-corrected chi connectivity index (χ1v) is 6.90. The largest absolute Gasteiger partial charge is 0.494 e. The van der Waals surface area contributed by atoms with E-state index in [9.17, 15) is 14.0 Å². The number of hydrogen-bond acceptors (Lipinski definition) is 4. The second-order valence-corrected chi connectivity index (χ2v) is 5.10. The number of aliphatic carboxylic acids is 1. The lowest BCUT2D eigenvalue weighted by Gasteiger charge is -2.21. The van der Waals surface area contributed by atoms with Crippen LogP contribution in [-0.2, 0) is 4.79 Å². The lowest BCUT2D eigenvalue weighted by atomic mass is 10.3. The highest BCUT2D eigenvalue weighted by Crippen LogP contribution is 2.24. The Labute approximate surface area is 118 Å². The first kappa shape index (κ1) is 14.4. The minimum atomic E-state index is -1.04. The number of methoxy groups -OCH3 is 1. The van der Waals surface area contributed by atoms with Gasteiger partial charge in [0.1, 0.15) is 6.04 Å². The molecule has 1 aliphatic rings. The zero-order chi connectivity index (χ0) is 14.7. The van der Waals surface area contributed by atoms with Gasteiger partial charge in [-0.1, -0.05) is 0 Å². The quantitative estimate of drug-likeness (QED) is 0.890. The summed E-state index contributed by atoms with van der Waals surface area (Å²) in [4.78, 5) is 24.3. The van der Waals surface area contributed by atoms with Crippen LogP contribution in [0.15, 0.2) is 18.2 Å². The molecule has 1 aromatic rings. The number of thioether (sulfide) groups is 1. The van der Waals surface area contributed by atoms with Crippen LogP contribution in [0.3, 0.4) is 0 Å². The van der Waals surface area contributed by atoms with Crippen LogP contribution in [-0.4, -0.2) is 46.8 Å². The van der Waals surface area contributed by atoms with E-state index in [0.717, 1.165) is 0 Å². The molecular formula is C12H13FN2O4S. The highest BCUT2D eigenvalue weighted by Gasteiger charge is 2.34. The molecule has 0 radical (unpaired) electrons. The van der Waals surface area contributed by atoms with Crippen molar-refractivity contribution in [1.82, 2.24) is 4.90 Å². The van der Waals surface area contributed by atoms with Crippen LogP contribution in [0, 0.1) is 5.82 Å². The fourth-order valence-corrected chi connectivity index (χ4v) is 2.93. The number of amides is 2. The van der Waals surface area contributed by atoms with Gasteiger partial charge in [0.2, 0.25) is 0 Å². The number of benzene rings is 1. The molecule has 8 heteroatoms. The molecule has 2 rings (SSSR count). The summed E-state index contributed by atoms with van der Waals surface area (Å²) >= 11 is 1.37. The first-order valence-electron chi connectivity index (χ1n) is 5.74. The zero-order valence-electron chi connectivity index (χ0n) is 10.6. The molecule has 1 saturated heterocycles. The number of carbonyl (C=O) groups excluding carboxylic acids is 1. The zero-order valence-corrected chi connectivity index (χ0v) is 11.4. The number of nitrogens with zero attached hydrogens (tertiary/aromatic N) is 1. The third-order valence-electron chi connectivity index (χ3n) is 2.83. The van der Waals surface area contributed by atoms with Crippen molar-refractivity contribution < 1.29 is 23.8 Å². The van der Waals surface area contributed by atoms with Crippen molar-refractivity contribution in [3.05, 3.63) is 24.0 Å². The molecule has 0 bridgehead atoms. The van der Waals surface area contributed by atoms with Gasteiger partial charge in [0.15, 0.2) is 11.6 Å². The fourth-order valence-electron chi connectivity index (χ4n) is 1.78. The van der Waals surface area contributed by atoms with Crippen LogP contribution in [0.4, 0.5) is 14.9 Å². The number of carboxylic acid groups (broad SMARTS) is 1. The van der Waals surface area contributed by atoms with E-state index >= 15 is 0 Å². The number of hydrogen-bond donors (Lipinski definition) is 2. The van der Waals surface area contributed by atoms with Gasteiger partial charge in [0, 0.05) is 17.5 Å². The van der Waals surface area contributed by atoms with Crippen LogP contribution in [0.2, 0.25) is 0 Å². The minimum Gasteiger partial charge on any atom is -0.494 e. The maximum Gasteiger partial charge on any atom is 0.327 e. The topological polar surface area (TPSA) is 78.9 Å². The van der Waals surface area contributed by atoms with Crippen molar-refractivity contribution in [2.24, 2.45) is 0 Å². The Morgan fingerprint density at radius 2 is 2.30 bits per heavy atom. The van der Waals surface area contributed by atoms with Crippen LogP contribution in [0.5, 0.6) is 5.75 Å². The van der Waals surface area contributed by atoms with Crippen molar-refractivity contribution >= 4 is 29.4 Å². The maximum absolute atomic E-state index is 13.2. The standard InChI is InChI=1S/C12H13FN2O4S/c1-19-10-4-7(2-3-8(10)13)14-12(18)15-6-20-5-9(15)11(16)17/h2-4,9H,5-6H2,1H3,(H,14,18)(H,16,17)/t9-/m0/s1. The van der Waals surface area contributed by atoms with Gasteiger partial charge in [-0.15, -0.1) is 11.8 Å². The van der Waals surface area contributed by atoms with Gasteiger partial charge in [-0.25, -0.2) is 14.0 Å². The molecule has 1 atom stereocenters. The molecule has 0 saturated carbocycles. The number of anilines is 1. The predicted octanol–water partition coefficient (Wildman–Crippen LogP) is 1.83. The molecule has 0 unspecified atom stereocenters. The summed E-state index contributed by atoms with van der Waals surface area (Å²) in [6.45, 7) is 0. The van der Waals surface area contributed by atoms with Crippen LogP contribution >= 0.6 is 11.8 Å². The van der Waals surface area contributed by atoms with Gasteiger partial charge < -0.3 is 20.1 Å². The summed E-state index contributed by atoms with van der Waals surface area (Å²) in [7, 11) is 1.32. The lowest BCUT2D eigenvalue weighted by molar-refractivity contribution is -0.140. The second-order valence-electron chi connectivity index (χ2n) is 4.10. The van der Waals surface area contributed by atoms with Crippen molar-refractivity contribution in [2.75, 3.05) is 24.1 Å². The molecule has 1 heterocycles. The summed E-state index contributed by atoms with van der Waals surface area (Å²) in [5, 5.41) is 11.5. The highest BCUT2D eigenvalue weighted by molar-refractivity contribution is 7.99. The molecule has 0 aromatic heterocycles. The van der Waals surface area contributed by atoms with E-state index in [-0.39, 0.29) is 5.75 Å². The van der Waals surface area contributed by atoms with Crippen LogP contribution in [0.25, 0.3) is 0 Å². The number of urea groups is 1. The molecule has 2 amide bonds. The molecule has 1 aromatic carbocycles. The number of ether oxygens (including phenoxy) is 1. The third kappa shape index (κ3) is 2.96. The number of rotatable bonds is 3. The van der Waals surface area contributed by atoms with E-state index in [1.165, 1.54) is 42.0 Å². The SMILES string of the molecule is COc1cc(NC(=O)N2CSC[C@H]2C(=O)O)ccc1F. The smallest absolute Gasteiger partial charge is 0.327 e. The summed E-state index contributed by atoms with van der Waals surface area (Å²) in [5.41, 5.74) is 0.342. The van der Waals surface area contributed by atoms with Gasteiger partial charge in [0.05, 0.1) is 13.0 Å². The Bertz CT molecular complexity index is 540. The highest BCUT2D eigenvalue weighted by atomic mass is 32.2. The molecule has 1 fully saturated rings. The molecule has 1 aliphatic heterocycles. The van der Waals surface area contributed by atoms with Gasteiger partial charge in [-0.2, -0.15) is 0 Å². The molecule has 0 spiro atoms.